The third-order valence-corrected chi connectivity index (χ3v) is 5.47. The average molecular weight is 353 g/mol. The van der Waals surface area contributed by atoms with Gasteiger partial charge in [-0.2, -0.15) is 0 Å². The van der Waals surface area contributed by atoms with Crippen LogP contribution in [0.1, 0.15) is 35.8 Å². The van der Waals surface area contributed by atoms with Crippen molar-refractivity contribution in [3.8, 4) is 11.8 Å². The number of aliphatic carboxylic acids is 1. The van der Waals surface area contributed by atoms with E-state index in [9.17, 15) is 9.59 Å². The number of pyridine rings is 1. The van der Waals surface area contributed by atoms with Crippen LogP contribution in [0.4, 0.5) is 0 Å². The molecule has 2 aromatic rings. The molecular weight excluding hydrogens is 334 g/mol. The fourth-order valence-corrected chi connectivity index (χ4v) is 4.05. The van der Waals surface area contributed by atoms with E-state index in [0.717, 1.165) is 25.9 Å². The number of aromatic nitrogens is 1. The summed E-state index contributed by atoms with van der Waals surface area (Å²) < 4.78 is 5.33. The summed E-state index contributed by atoms with van der Waals surface area (Å²) in [5, 5.41) is 12.4. The Morgan fingerprint density at radius 1 is 1.38 bits per heavy atom. The van der Waals surface area contributed by atoms with E-state index in [2.05, 4.69) is 34.0 Å². The molecule has 2 N–H and O–H groups in total. The van der Waals surface area contributed by atoms with Crippen LogP contribution in [0.3, 0.4) is 0 Å². The third kappa shape index (κ3) is 2.93. The lowest BCUT2D eigenvalue weighted by molar-refractivity contribution is -0.130. The average Bonchev–Trinajstić information content (AvgIpc) is 3.05. The molecule has 3 fully saturated rings. The molecule has 7 nitrogen and oxygen atoms in total. The Hall–Kier alpha value is -2.85. The largest absolute Gasteiger partial charge is 0.472 e. The van der Waals surface area contributed by atoms with Crippen molar-refractivity contribution in [3.05, 3.63) is 29.8 Å². The minimum absolute atomic E-state index is 0.123. The monoisotopic (exact) mass is 353 g/mol. The number of carbonyl (C=O) groups excluding carboxylic acids is 1. The maximum atomic E-state index is 12.7. The predicted octanol–water partition coefficient (Wildman–Crippen LogP) is 1.48. The fraction of sp³-hybridized carbons (Fsp3) is 0.421. The second-order valence-electron chi connectivity index (χ2n) is 6.88. The number of carboxylic acids is 1. The van der Waals surface area contributed by atoms with Crippen molar-refractivity contribution < 1.29 is 19.1 Å². The van der Waals surface area contributed by atoms with Gasteiger partial charge in [0.2, 0.25) is 0 Å². The van der Waals surface area contributed by atoms with Crippen molar-refractivity contribution in [2.75, 3.05) is 13.1 Å². The Bertz CT molecular complexity index is 929. The van der Waals surface area contributed by atoms with Gasteiger partial charge in [0.25, 0.3) is 5.91 Å². The molecule has 7 heteroatoms. The summed E-state index contributed by atoms with van der Waals surface area (Å²) in [5.74, 6) is 3.66. The number of hydrogen-bond acceptors (Lipinski definition) is 5. The molecule has 5 rings (SSSR count). The maximum Gasteiger partial charge on any atom is 0.382 e. The van der Waals surface area contributed by atoms with E-state index in [-0.39, 0.29) is 17.6 Å². The Morgan fingerprint density at radius 3 is 2.85 bits per heavy atom. The number of rotatable bonds is 2. The third-order valence-electron chi connectivity index (χ3n) is 5.47. The highest BCUT2D eigenvalue weighted by Gasteiger charge is 2.40. The molecule has 5 heterocycles. The number of nitrogens with one attached hydrogen (secondary N) is 1. The quantitative estimate of drug-likeness (QED) is 0.794. The van der Waals surface area contributed by atoms with E-state index in [0.29, 0.717) is 28.5 Å². The van der Waals surface area contributed by atoms with Crippen LogP contribution in [0.25, 0.3) is 11.0 Å². The highest BCUT2D eigenvalue weighted by atomic mass is 16.4. The molecule has 3 aliphatic rings. The van der Waals surface area contributed by atoms with E-state index in [1.54, 1.807) is 6.07 Å². The first-order valence-electron chi connectivity index (χ1n) is 8.70. The molecule has 0 aliphatic carbocycles. The van der Waals surface area contributed by atoms with E-state index in [4.69, 9.17) is 9.52 Å². The van der Waals surface area contributed by atoms with Gasteiger partial charge in [0, 0.05) is 23.4 Å². The van der Waals surface area contributed by atoms with E-state index >= 15 is 0 Å². The lowest BCUT2D eigenvalue weighted by Crippen LogP contribution is -2.62. The number of nitrogens with zero attached hydrogens (tertiary/aromatic N) is 2. The smallest absolute Gasteiger partial charge is 0.382 e. The SMILES string of the molecule is C[C@@H]1[C@H](NC(=O)c2cc3c(C#CC(=O)O)coc3cn2)C2CCN1CC2. The summed E-state index contributed by atoms with van der Waals surface area (Å²) in [6.45, 7) is 4.36. The summed E-state index contributed by atoms with van der Waals surface area (Å²) >= 11 is 0. The second-order valence-corrected chi connectivity index (χ2v) is 6.88. The molecule has 134 valence electrons. The molecule has 0 unspecified atom stereocenters. The van der Waals surface area contributed by atoms with Gasteiger partial charge in [-0.25, -0.2) is 9.78 Å². The lowest BCUT2D eigenvalue weighted by Gasteiger charge is -2.49. The van der Waals surface area contributed by atoms with Gasteiger partial charge in [0.15, 0.2) is 5.58 Å². The predicted molar refractivity (Wildman–Crippen MR) is 93.5 cm³/mol. The minimum atomic E-state index is -1.22. The Morgan fingerprint density at radius 2 is 2.15 bits per heavy atom. The number of amides is 1. The highest BCUT2D eigenvalue weighted by Crippen LogP contribution is 2.32. The minimum Gasteiger partial charge on any atom is -0.472 e. The van der Waals surface area contributed by atoms with Gasteiger partial charge in [0.1, 0.15) is 12.0 Å². The number of carbonyl (C=O) groups is 2. The van der Waals surface area contributed by atoms with E-state index in [1.807, 2.05) is 0 Å². The molecule has 0 spiro atoms. The summed E-state index contributed by atoms with van der Waals surface area (Å²) in [4.78, 5) is 30.0. The maximum absolute atomic E-state index is 12.7. The van der Waals surface area contributed by atoms with Gasteiger partial charge in [-0.3, -0.25) is 9.69 Å². The summed E-state index contributed by atoms with van der Waals surface area (Å²) in [6, 6.07) is 2.05. The summed E-state index contributed by atoms with van der Waals surface area (Å²) in [7, 11) is 0. The van der Waals surface area contributed by atoms with Crippen LogP contribution in [0.15, 0.2) is 22.9 Å². The van der Waals surface area contributed by atoms with Gasteiger partial charge in [-0.05, 0) is 44.8 Å². The number of hydrogen-bond donors (Lipinski definition) is 2. The second kappa shape index (κ2) is 6.46. The van der Waals surface area contributed by atoms with Crippen molar-refractivity contribution in [2.24, 2.45) is 5.92 Å². The molecule has 2 aromatic heterocycles. The number of carboxylic acid groups (broad SMARTS) is 1. The Labute approximate surface area is 150 Å². The molecular formula is C19H19N3O4. The van der Waals surface area contributed by atoms with Gasteiger partial charge in [-0.15, -0.1) is 0 Å². The zero-order chi connectivity index (χ0) is 18.3. The van der Waals surface area contributed by atoms with Crippen molar-refractivity contribution in [2.45, 2.75) is 31.8 Å². The number of fused-ring (bicyclic) bond motifs is 4. The lowest BCUT2D eigenvalue weighted by atomic mass is 9.79. The summed E-state index contributed by atoms with van der Waals surface area (Å²) in [6.07, 6.45) is 5.06. The Kier molecular flexibility index (Phi) is 4.13. The number of furan rings is 1. The standard InChI is InChI=1S/C19H19N3O4/c1-11-18(12-4-6-22(11)7-5-12)21-19(25)15-8-14-13(2-3-17(23)24)10-26-16(14)9-20-15/h8-12,18H,4-7H2,1H3,(H,21,25)(H,23,24)/t11-,18+/m1/s1. The molecule has 3 aliphatic heterocycles. The van der Waals surface area contributed by atoms with Gasteiger partial charge in [0.05, 0.1) is 11.8 Å². The van der Waals surface area contributed by atoms with E-state index < -0.39 is 5.97 Å². The number of piperidine rings is 3. The molecule has 26 heavy (non-hydrogen) atoms. The zero-order valence-electron chi connectivity index (χ0n) is 14.4. The molecule has 0 radical (unpaired) electrons. The highest BCUT2D eigenvalue weighted by molar-refractivity contribution is 5.97. The molecule has 1 amide bonds. The molecule has 3 saturated heterocycles. The van der Waals surface area contributed by atoms with Crippen molar-refractivity contribution in [3.63, 3.8) is 0 Å². The van der Waals surface area contributed by atoms with Crippen LogP contribution in [-0.4, -0.2) is 52.0 Å². The normalized spacial score (nSPS) is 27.0. The zero-order valence-corrected chi connectivity index (χ0v) is 14.4. The van der Waals surface area contributed by atoms with Crippen LogP contribution in [0.2, 0.25) is 0 Å². The Balaban J connectivity index is 1.58. The van der Waals surface area contributed by atoms with Crippen LogP contribution < -0.4 is 5.32 Å². The van der Waals surface area contributed by atoms with Crippen molar-refractivity contribution in [1.82, 2.24) is 15.2 Å². The van der Waals surface area contributed by atoms with Gasteiger partial charge in [-0.1, -0.05) is 5.92 Å². The van der Waals surface area contributed by atoms with Crippen LogP contribution in [0.5, 0.6) is 0 Å². The topological polar surface area (TPSA) is 95.7 Å². The van der Waals surface area contributed by atoms with Gasteiger partial charge < -0.3 is 14.8 Å². The van der Waals surface area contributed by atoms with E-state index in [1.165, 1.54) is 12.5 Å². The molecule has 0 aromatic carbocycles. The van der Waals surface area contributed by atoms with Crippen molar-refractivity contribution in [1.29, 1.82) is 0 Å². The fourth-order valence-electron chi connectivity index (χ4n) is 4.05. The first-order chi connectivity index (χ1) is 12.5. The molecule has 2 atom stereocenters. The van der Waals surface area contributed by atoms with Crippen LogP contribution >= 0.6 is 0 Å². The van der Waals surface area contributed by atoms with Crippen molar-refractivity contribution >= 4 is 22.8 Å². The van der Waals surface area contributed by atoms with Crippen LogP contribution in [0, 0.1) is 17.8 Å². The first-order valence-corrected chi connectivity index (χ1v) is 8.70. The van der Waals surface area contributed by atoms with Crippen LogP contribution in [-0.2, 0) is 4.79 Å². The molecule has 2 bridgehead atoms. The summed E-state index contributed by atoms with van der Waals surface area (Å²) in [5.41, 5.74) is 1.17. The first kappa shape index (κ1) is 16.6. The van der Waals surface area contributed by atoms with Gasteiger partial charge >= 0.3 is 5.97 Å². The molecule has 0 saturated carbocycles.